The lowest BCUT2D eigenvalue weighted by atomic mass is 10.0. The summed E-state index contributed by atoms with van der Waals surface area (Å²) in [5, 5.41) is 12.5. The Balaban J connectivity index is 2.78. The number of nitrogens with one attached hydrogen (secondary N) is 1. The Labute approximate surface area is 110 Å². The molecule has 2 atom stereocenters. The monoisotopic (exact) mass is 303 g/mol. The lowest BCUT2D eigenvalue weighted by molar-refractivity contribution is 0.200. The van der Waals surface area contributed by atoms with Crippen molar-refractivity contribution in [3.05, 3.63) is 34.1 Å². The molecule has 0 bridgehead atoms. The van der Waals surface area contributed by atoms with Gasteiger partial charge >= 0.3 is 0 Å². The Kier molecular flexibility index (Phi) is 5.56. The molecule has 0 aliphatic rings. The first kappa shape index (κ1) is 14.6. The molecule has 1 unspecified atom stereocenters. The minimum Gasteiger partial charge on any atom is -0.395 e. The highest BCUT2D eigenvalue weighted by atomic mass is 79.9. The highest BCUT2D eigenvalue weighted by molar-refractivity contribution is 9.10. The molecular weight excluding hydrogens is 285 g/mol. The van der Waals surface area contributed by atoms with E-state index in [2.05, 4.69) is 21.2 Å². The quantitative estimate of drug-likeness (QED) is 0.875. The van der Waals surface area contributed by atoms with Crippen molar-refractivity contribution in [2.24, 2.45) is 5.92 Å². The summed E-state index contributed by atoms with van der Waals surface area (Å²) in [6, 6.07) is 4.89. The van der Waals surface area contributed by atoms with Gasteiger partial charge in [-0.2, -0.15) is 0 Å². The molecular formula is C13H19BrFNO. The van der Waals surface area contributed by atoms with Crippen LogP contribution in [0.25, 0.3) is 0 Å². The molecule has 1 rings (SSSR count). The molecule has 1 aromatic carbocycles. The van der Waals surface area contributed by atoms with Crippen LogP contribution in [0, 0.1) is 11.7 Å². The molecule has 0 saturated heterocycles. The first-order valence-corrected chi connectivity index (χ1v) is 6.56. The van der Waals surface area contributed by atoms with E-state index in [9.17, 15) is 9.50 Å². The second kappa shape index (κ2) is 6.47. The molecule has 4 heteroatoms. The number of benzene rings is 1. The maximum atomic E-state index is 13.7. The molecule has 0 spiro atoms. The predicted molar refractivity (Wildman–Crippen MR) is 71.4 cm³/mol. The zero-order chi connectivity index (χ0) is 13.0. The lowest BCUT2D eigenvalue weighted by Crippen LogP contribution is -2.38. The second-order valence-corrected chi connectivity index (χ2v) is 5.50. The minimum absolute atomic E-state index is 0.0203. The smallest absolute Gasteiger partial charge is 0.129 e. The number of hydrogen-bond donors (Lipinski definition) is 2. The number of aliphatic hydroxyl groups is 1. The van der Waals surface area contributed by atoms with Gasteiger partial charge in [-0.1, -0.05) is 35.8 Å². The molecule has 17 heavy (non-hydrogen) atoms. The van der Waals surface area contributed by atoms with Crippen molar-refractivity contribution >= 4 is 15.9 Å². The van der Waals surface area contributed by atoms with E-state index in [1.54, 1.807) is 6.07 Å². The summed E-state index contributed by atoms with van der Waals surface area (Å²) in [4.78, 5) is 0. The fraction of sp³-hybridized carbons (Fsp3) is 0.538. The van der Waals surface area contributed by atoms with Crippen LogP contribution in [0.2, 0.25) is 0 Å². The zero-order valence-electron chi connectivity index (χ0n) is 10.4. The van der Waals surface area contributed by atoms with E-state index in [0.717, 1.165) is 4.47 Å². The third kappa shape index (κ3) is 4.05. The Bertz CT molecular complexity index is 370. The molecule has 0 saturated carbocycles. The molecule has 2 nitrogen and oxygen atoms in total. The number of halogens is 2. The van der Waals surface area contributed by atoms with Crippen molar-refractivity contribution in [3.8, 4) is 0 Å². The van der Waals surface area contributed by atoms with E-state index < -0.39 is 0 Å². The van der Waals surface area contributed by atoms with Crippen LogP contribution in [0.5, 0.6) is 0 Å². The Morgan fingerprint density at radius 2 is 2.00 bits per heavy atom. The summed E-state index contributed by atoms with van der Waals surface area (Å²) >= 11 is 3.23. The Hall–Kier alpha value is -0.450. The van der Waals surface area contributed by atoms with Crippen LogP contribution in [-0.4, -0.2) is 17.8 Å². The maximum Gasteiger partial charge on any atom is 0.129 e. The number of aliphatic hydroxyl groups excluding tert-OH is 1. The molecule has 0 radical (unpaired) electrons. The second-order valence-electron chi connectivity index (χ2n) is 4.59. The van der Waals surface area contributed by atoms with E-state index in [1.165, 1.54) is 6.07 Å². The van der Waals surface area contributed by atoms with E-state index in [-0.39, 0.29) is 24.5 Å². The molecule has 0 aliphatic carbocycles. The predicted octanol–water partition coefficient (Wildman–Crippen LogP) is 3.26. The summed E-state index contributed by atoms with van der Waals surface area (Å²) in [7, 11) is 0. The van der Waals surface area contributed by atoms with Crippen molar-refractivity contribution in [3.63, 3.8) is 0 Å². The summed E-state index contributed by atoms with van der Waals surface area (Å²) in [6.45, 7) is 6.01. The van der Waals surface area contributed by atoms with Gasteiger partial charge in [-0.15, -0.1) is 0 Å². The van der Waals surface area contributed by atoms with Gasteiger partial charge in [-0.25, -0.2) is 4.39 Å². The lowest BCUT2D eigenvalue weighted by Gasteiger charge is -2.25. The van der Waals surface area contributed by atoms with Gasteiger partial charge in [0.15, 0.2) is 0 Å². The largest absolute Gasteiger partial charge is 0.395 e. The van der Waals surface area contributed by atoms with Gasteiger partial charge in [-0.05, 0) is 25.0 Å². The van der Waals surface area contributed by atoms with Crippen LogP contribution in [-0.2, 0) is 0 Å². The highest BCUT2D eigenvalue weighted by Gasteiger charge is 2.17. The normalized spacial score (nSPS) is 15.0. The SMILES string of the molecule is CC(N[C@H](CO)C(C)C)c1ccc(Br)cc1F. The van der Waals surface area contributed by atoms with Crippen LogP contribution < -0.4 is 5.32 Å². The molecule has 0 aromatic heterocycles. The van der Waals surface area contributed by atoms with Crippen LogP contribution in [0.15, 0.2) is 22.7 Å². The highest BCUT2D eigenvalue weighted by Crippen LogP contribution is 2.21. The molecule has 0 heterocycles. The molecule has 0 fully saturated rings. The van der Waals surface area contributed by atoms with Crippen molar-refractivity contribution in [2.75, 3.05) is 6.61 Å². The average Bonchev–Trinajstić information content (AvgIpc) is 2.24. The third-order valence-electron chi connectivity index (χ3n) is 2.89. The number of hydrogen-bond acceptors (Lipinski definition) is 2. The summed E-state index contributed by atoms with van der Waals surface area (Å²) in [5.74, 6) is 0.0702. The van der Waals surface area contributed by atoms with E-state index in [1.807, 2.05) is 26.8 Å². The summed E-state index contributed by atoms with van der Waals surface area (Å²) in [6.07, 6.45) is 0. The van der Waals surface area contributed by atoms with E-state index in [4.69, 9.17) is 0 Å². The molecule has 0 aliphatic heterocycles. The minimum atomic E-state index is -0.236. The fourth-order valence-electron chi connectivity index (χ4n) is 1.72. The topological polar surface area (TPSA) is 32.3 Å². The van der Waals surface area contributed by atoms with Crippen LogP contribution in [0.4, 0.5) is 4.39 Å². The summed E-state index contributed by atoms with van der Waals surface area (Å²) < 4.78 is 14.5. The van der Waals surface area contributed by atoms with Crippen LogP contribution >= 0.6 is 15.9 Å². The Morgan fingerprint density at radius 3 is 2.47 bits per heavy atom. The Morgan fingerprint density at radius 1 is 1.35 bits per heavy atom. The van der Waals surface area contributed by atoms with E-state index in [0.29, 0.717) is 11.5 Å². The van der Waals surface area contributed by atoms with Crippen LogP contribution in [0.3, 0.4) is 0 Å². The molecule has 1 aromatic rings. The maximum absolute atomic E-state index is 13.7. The molecule has 96 valence electrons. The van der Waals surface area contributed by atoms with Crippen molar-refractivity contribution in [2.45, 2.75) is 32.9 Å². The average molecular weight is 304 g/mol. The van der Waals surface area contributed by atoms with Gasteiger partial charge in [0, 0.05) is 22.1 Å². The van der Waals surface area contributed by atoms with Crippen molar-refractivity contribution < 1.29 is 9.50 Å². The van der Waals surface area contributed by atoms with Gasteiger partial charge in [0.2, 0.25) is 0 Å². The van der Waals surface area contributed by atoms with Crippen LogP contribution in [0.1, 0.15) is 32.4 Å². The van der Waals surface area contributed by atoms with Crippen molar-refractivity contribution in [1.82, 2.24) is 5.32 Å². The van der Waals surface area contributed by atoms with Gasteiger partial charge in [0.25, 0.3) is 0 Å². The van der Waals surface area contributed by atoms with Gasteiger partial charge in [0.05, 0.1) is 6.61 Å². The first-order chi connectivity index (χ1) is 7.95. The van der Waals surface area contributed by atoms with Gasteiger partial charge < -0.3 is 10.4 Å². The van der Waals surface area contributed by atoms with Gasteiger partial charge in [0.1, 0.15) is 5.82 Å². The standard InChI is InChI=1S/C13H19BrFNO/c1-8(2)13(7-17)16-9(3)11-5-4-10(14)6-12(11)15/h4-6,8-9,13,16-17H,7H2,1-3H3/t9?,13-/m1/s1. The number of rotatable bonds is 5. The molecule has 2 N–H and O–H groups in total. The summed E-state index contributed by atoms with van der Waals surface area (Å²) in [5.41, 5.74) is 0.618. The van der Waals surface area contributed by atoms with Gasteiger partial charge in [-0.3, -0.25) is 0 Å². The van der Waals surface area contributed by atoms with E-state index >= 15 is 0 Å². The fourth-order valence-corrected chi connectivity index (χ4v) is 2.05. The zero-order valence-corrected chi connectivity index (χ0v) is 12.0. The molecule has 0 amide bonds. The first-order valence-electron chi connectivity index (χ1n) is 5.77. The van der Waals surface area contributed by atoms with Crippen molar-refractivity contribution in [1.29, 1.82) is 0 Å². The third-order valence-corrected chi connectivity index (χ3v) is 3.39.